The van der Waals surface area contributed by atoms with E-state index in [4.69, 9.17) is 28.7 Å². The SMILES string of the molecule is COC(=O)C(C)(C)CC(C)(CCC(C)C)C(=O)C(=O)OCCOc1cc(C)c(-n2ccnc2-c2[c-]cc(OC)cc2)c(C)c1.COc1c[c-]c(-c2nccn2-c2c(C)cccc2C)cc1-c1c(C)cccc1C.Cc1c[c-]c(-c2nccn2-c2c(C)cc(C)cc2C)cc1.Cc1cc(C)c(-n2ccnc2-c2[c-]cc3c(c2)c2ccccc2n3-c2ccccc2)c(C)c1.[Ir].[Ir].[Ir].[Ir]. The molecule has 5 heterocycles. The molecule has 0 bridgehead atoms. The minimum absolute atomic E-state index is 0. The fourth-order valence-electron chi connectivity index (χ4n) is 17.6. The van der Waals surface area contributed by atoms with Crippen molar-refractivity contribution >= 4 is 39.5 Å². The van der Waals surface area contributed by atoms with Gasteiger partial charge in [0.25, 0.3) is 0 Å². The van der Waals surface area contributed by atoms with E-state index in [1.54, 1.807) is 47.3 Å². The van der Waals surface area contributed by atoms with Crippen LogP contribution in [0.2, 0.25) is 0 Å². The molecule has 0 aliphatic rings. The Morgan fingerprint density at radius 2 is 0.863 bits per heavy atom. The summed E-state index contributed by atoms with van der Waals surface area (Å²) in [5.41, 5.74) is 27.7. The molecule has 0 fully saturated rings. The standard InChI is InChI=1S/C35H45N2O7.C30H24N3.C26H25N2O.C19H19N2.4Ir/c1-23(2)14-15-35(7,22-34(5,6)33(40)42-9)30(38)32(39)44-19-18-43-28-20-24(3)29(25(4)21-28)37-17-16-36-31(37)26-10-12-27(41-8)13-11-26;1-20-17-21(2)29(22(3)18-20)32-16-15-31-30(32)23-13-14-28-26(19-23)25-11-7-8-12-27(25)33(28)24-9-5-4-6-10-24;1-17-8-6-9-18(2)24(17)22-16-21(12-13-23(22)29-5)26-27-14-15-28(26)25-19(3)10-7-11-20(25)4;1-13-5-7-17(8-6-13)19-20-9-10-21(19)18-15(3)11-14(2)12-16(18)4;;;;/h10,12-13,16-17,20-21,23H,14-15,18-19,22H2,1-9H3;4-12,14-19H,1-3H3;6-11,13-16H,1-5H3;5-7,9-12H,1-4H3;;;;/q4*-1;;;;. The van der Waals surface area contributed by atoms with Crippen molar-refractivity contribution in [2.45, 2.75) is 144 Å². The third kappa shape index (κ3) is 23.4. The average molecular weight is 2460 g/mol. The zero-order chi connectivity index (χ0) is 90.7. The summed E-state index contributed by atoms with van der Waals surface area (Å²) < 4.78 is 37.9. The zero-order valence-corrected chi connectivity index (χ0v) is 87.8. The maximum atomic E-state index is 13.3. The predicted molar refractivity (Wildman–Crippen MR) is 510 cm³/mol. The summed E-state index contributed by atoms with van der Waals surface area (Å²) in [6.45, 7) is 36.7. The number of ether oxygens (including phenoxy) is 5. The topological polar surface area (TPSA) is 174 Å². The molecule has 0 aliphatic carbocycles. The van der Waals surface area contributed by atoms with Crippen molar-refractivity contribution in [3.63, 3.8) is 0 Å². The van der Waals surface area contributed by atoms with Crippen LogP contribution in [0.1, 0.15) is 126 Å². The van der Waals surface area contributed by atoms with E-state index in [0.717, 1.165) is 103 Å². The molecule has 16 aromatic rings. The summed E-state index contributed by atoms with van der Waals surface area (Å²) in [6, 6.07) is 78.1. The normalized spacial score (nSPS) is 11.4. The number of ketones is 1. The number of Topliss-reactive ketones (excluding diaryl/α,β-unsaturated/α-hetero) is 1. The number of nitrogens with zero attached hydrogens (tertiary/aromatic N) is 9. The third-order valence-electron chi connectivity index (χ3n) is 23.3. The Bertz CT molecular complexity index is 6550. The number of esters is 2. The van der Waals surface area contributed by atoms with Crippen molar-refractivity contribution in [3.8, 4) is 102 Å². The van der Waals surface area contributed by atoms with Crippen LogP contribution in [0.4, 0.5) is 0 Å². The summed E-state index contributed by atoms with van der Waals surface area (Å²) in [7, 11) is 4.64. The Balaban J connectivity index is 0.000000200. The van der Waals surface area contributed by atoms with Crippen molar-refractivity contribution in [1.82, 2.24) is 42.8 Å². The van der Waals surface area contributed by atoms with Crippen molar-refractivity contribution in [1.29, 1.82) is 0 Å². The summed E-state index contributed by atoms with van der Waals surface area (Å²) in [5.74, 6) is 3.95. The molecule has 0 amide bonds. The summed E-state index contributed by atoms with van der Waals surface area (Å²) >= 11 is 0. The summed E-state index contributed by atoms with van der Waals surface area (Å²) in [5, 5.41) is 2.43. The van der Waals surface area contributed by atoms with Gasteiger partial charge in [-0.15, -0.1) is 113 Å². The molecule has 0 saturated heterocycles. The van der Waals surface area contributed by atoms with Gasteiger partial charge in [0.2, 0.25) is 5.78 Å². The molecule has 5 aromatic heterocycles. The Labute approximate surface area is 825 Å². The first-order valence-electron chi connectivity index (χ1n) is 43.0. The van der Waals surface area contributed by atoms with E-state index in [-0.39, 0.29) is 100 Å². The summed E-state index contributed by atoms with van der Waals surface area (Å²) in [4.78, 5) is 57.1. The van der Waals surface area contributed by atoms with Gasteiger partial charge < -0.3 is 46.5 Å². The number of benzene rings is 11. The largest absolute Gasteiger partial charge is 0.540 e. The number of carbonyl (C=O) groups excluding carboxylic acids is 3. The molecule has 21 heteroatoms. The van der Waals surface area contributed by atoms with Crippen LogP contribution in [0.3, 0.4) is 0 Å². The first-order chi connectivity index (χ1) is 60.9. The van der Waals surface area contributed by atoms with Crippen LogP contribution in [0.5, 0.6) is 17.2 Å². The van der Waals surface area contributed by atoms with E-state index in [0.29, 0.717) is 18.1 Å². The van der Waals surface area contributed by atoms with Crippen molar-refractivity contribution in [2.75, 3.05) is 34.5 Å². The molecular formula is C110H113Ir4N9O8-4. The Morgan fingerprint density at radius 1 is 0.412 bits per heavy atom. The van der Waals surface area contributed by atoms with Crippen molar-refractivity contribution < 1.29 is 118 Å². The monoisotopic (exact) mass is 2460 g/mol. The molecule has 0 aliphatic heterocycles. The third-order valence-corrected chi connectivity index (χ3v) is 23.3. The molecule has 0 N–H and O–H groups in total. The minimum atomic E-state index is -1.07. The second-order valence-corrected chi connectivity index (χ2v) is 34.3. The molecule has 16 rings (SSSR count). The van der Waals surface area contributed by atoms with Crippen LogP contribution in [0, 0.1) is 131 Å². The van der Waals surface area contributed by atoms with Crippen LogP contribution in [0.15, 0.2) is 238 Å². The van der Waals surface area contributed by atoms with E-state index >= 15 is 0 Å². The van der Waals surface area contributed by atoms with E-state index < -0.39 is 28.6 Å². The average Bonchev–Trinajstić information content (AvgIpc) is 1.59. The van der Waals surface area contributed by atoms with Gasteiger partial charge in [0.15, 0.2) is 0 Å². The van der Waals surface area contributed by atoms with Gasteiger partial charge in [-0.3, -0.25) is 29.5 Å². The molecule has 17 nitrogen and oxygen atoms in total. The van der Waals surface area contributed by atoms with Gasteiger partial charge in [0, 0.05) is 181 Å². The number of imidazole rings is 4. The van der Waals surface area contributed by atoms with E-state index in [9.17, 15) is 14.4 Å². The Hall–Kier alpha value is -11.3. The molecule has 0 saturated carbocycles. The van der Waals surface area contributed by atoms with Crippen molar-refractivity contribution in [2.24, 2.45) is 16.7 Å². The van der Waals surface area contributed by atoms with Gasteiger partial charge in [-0.1, -0.05) is 153 Å². The van der Waals surface area contributed by atoms with E-state index in [2.05, 4.69) is 293 Å². The van der Waals surface area contributed by atoms with Crippen LogP contribution in [-0.4, -0.2) is 95.0 Å². The number of methoxy groups -OCH3 is 3. The van der Waals surface area contributed by atoms with Crippen LogP contribution < -0.4 is 14.2 Å². The van der Waals surface area contributed by atoms with Gasteiger partial charge in [0.05, 0.1) is 50.0 Å². The molecule has 1 unspecified atom stereocenters. The molecule has 11 aromatic carbocycles. The maximum Gasteiger partial charge on any atom is 0.375 e. The Morgan fingerprint density at radius 3 is 1.34 bits per heavy atom. The first-order valence-corrected chi connectivity index (χ1v) is 43.0. The number of rotatable bonds is 24. The molecular weight excluding hydrogens is 2340 g/mol. The number of fused-ring (bicyclic) bond motifs is 3. The number of para-hydroxylation sites is 3. The number of carbonyl (C=O) groups is 3. The van der Waals surface area contributed by atoms with Crippen molar-refractivity contribution in [3.05, 3.63) is 334 Å². The van der Waals surface area contributed by atoms with Crippen LogP contribution in [-0.2, 0) is 104 Å². The predicted octanol–water partition coefficient (Wildman–Crippen LogP) is 24.7. The summed E-state index contributed by atoms with van der Waals surface area (Å²) in [6.07, 6.45) is 16.7. The van der Waals surface area contributed by atoms with Gasteiger partial charge in [-0.25, -0.2) is 4.79 Å². The molecule has 0 spiro atoms. The van der Waals surface area contributed by atoms with Crippen LogP contribution >= 0.6 is 0 Å². The molecule has 1 atom stereocenters. The second kappa shape index (κ2) is 45.7. The molecule has 686 valence electrons. The molecule has 4 radical (unpaired) electrons. The van der Waals surface area contributed by atoms with E-state index in [1.165, 1.54) is 102 Å². The fraction of sp³-hybridized carbons (Fsp3) is 0.264. The smallest absolute Gasteiger partial charge is 0.375 e. The quantitative estimate of drug-likeness (QED) is 0.0243. The number of hydrogen-bond donors (Lipinski definition) is 0. The fourth-order valence-corrected chi connectivity index (χ4v) is 17.6. The first kappa shape index (κ1) is 103. The molecule has 131 heavy (non-hydrogen) atoms. The van der Waals surface area contributed by atoms with E-state index in [1.807, 2.05) is 98.2 Å². The Kier molecular flexibility index (Phi) is 36.0. The maximum absolute atomic E-state index is 13.3. The number of aryl methyl sites for hydroxylation is 13. The van der Waals surface area contributed by atoms with Gasteiger partial charge in [-0.05, 0) is 218 Å². The minimum Gasteiger partial charge on any atom is -0.540 e. The second-order valence-electron chi connectivity index (χ2n) is 34.3. The van der Waals surface area contributed by atoms with Gasteiger partial charge in [-0.2, -0.15) is 0 Å². The zero-order valence-electron chi connectivity index (χ0n) is 78.3. The number of aromatic nitrogens is 9. The number of hydrogen-bond acceptors (Lipinski definition) is 12. The van der Waals surface area contributed by atoms with Crippen LogP contribution in [0.25, 0.3) is 107 Å². The van der Waals surface area contributed by atoms with Gasteiger partial charge >= 0.3 is 11.9 Å². The van der Waals surface area contributed by atoms with Gasteiger partial charge in [0.1, 0.15) is 19.0 Å².